The van der Waals surface area contributed by atoms with Gasteiger partial charge in [0.15, 0.2) is 0 Å². The minimum Gasteiger partial charge on any atom is -0.447 e. The molecular weight excluding hydrogens is 223 g/mol. The Labute approximate surface area is 99.2 Å². The summed E-state index contributed by atoms with van der Waals surface area (Å²) >= 11 is 0. The molecule has 2 rings (SSSR count). The molecule has 1 fully saturated rings. The van der Waals surface area contributed by atoms with Crippen molar-refractivity contribution in [3.8, 4) is 0 Å². The van der Waals surface area contributed by atoms with Gasteiger partial charge in [0.2, 0.25) is 0 Å². The molecule has 1 aromatic carbocycles. The summed E-state index contributed by atoms with van der Waals surface area (Å²) in [6.45, 7) is 0.850. The van der Waals surface area contributed by atoms with Crippen molar-refractivity contribution in [2.45, 2.75) is 18.9 Å². The quantitative estimate of drug-likeness (QED) is 0.871. The maximum Gasteiger partial charge on any atom is 0.414 e. The summed E-state index contributed by atoms with van der Waals surface area (Å²) in [5.41, 5.74) is 5.71. The van der Waals surface area contributed by atoms with Gasteiger partial charge in [0, 0.05) is 0 Å². The van der Waals surface area contributed by atoms with Crippen LogP contribution in [0.1, 0.15) is 12.8 Å². The molecule has 1 aliphatic rings. The Hall–Kier alpha value is -1.62. The molecule has 0 saturated carbocycles. The predicted octanol–water partition coefficient (Wildman–Crippen LogP) is 1.89. The fraction of sp³-hybridized carbons (Fsp3) is 0.417. The summed E-state index contributed by atoms with van der Waals surface area (Å²) in [7, 11) is 0. The van der Waals surface area contributed by atoms with Gasteiger partial charge in [0.25, 0.3) is 0 Å². The largest absolute Gasteiger partial charge is 0.447 e. The third kappa shape index (κ3) is 2.39. The number of benzene rings is 1. The lowest BCUT2D eigenvalue weighted by Gasteiger charge is -2.21. The van der Waals surface area contributed by atoms with Crippen LogP contribution >= 0.6 is 0 Å². The maximum absolute atomic E-state index is 13.6. The van der Waals surface area contributed by atoms with Gasteiger partial charge < -0.3 is 10.5 Å². The number of carbonyl (C=O) groups excluding carboxylic acids is 1. The molecule has 0 aromatic heterocycles. The van der Waals surface area contributed by atoms with Crippen molar-refractivity contribution in [3.05, 3.63) is 30.1 Å². The van der Waals surface area contributed by atoms with Gasteiger partial charge in [-0.3, -0.25) is 4.90 Å². The average Bonchev–Trinajstić information content (AvgIpc) is 2.69. The molecule has 1 heterocycles. The van der Waals surface area contributed by atoms with E-state index in [0.717, 1.165) is 12.8 Å². The molecule has 0 radical (unpaired) electrons. The van der Waals surface area contributed by atoms with Gasteiger partial charge in [-0.1, -0.05) is 12.1 Å². The van der Waals surface area contributed by atoms with Crippen LogP contribution < -0.4 is 10.6 Å². The van der Waals surface area contributed by atoms with E-state index in [0.29, 0.717) is 13.2 Å². The zero-order chi connectivity index (χ0) is 12.3. The van der Waals surface area contributed by atoms with E-state index >= 15 is 0 Å². The Balaban J connectivity index is 2.22. The maximum atomic E-state index is 13.6. The number of rotatable bonds is 4. The number of hydrogen-bond acceptors (Lipinski definition) is 3. The zero-order valence-electron chi connectivity index (χ0n) is 9.43. The topological polar surface area (TPSA) is 55.6 Å². The third-order valence-electron chi connectivity index (χ3n) is 2.81. The van der Waals surface area contributed by atoms with Gasteiger partial charge >= 0.3 is 6.09 Å². The van der Waals surface area contributed by atoms with E-state index in [4.69, 9.17) is 10.5 Å². The van der Waals surface area contributed by atoms with Crippen LogP contribution in [0.4, 0.5) is 14.9 Å². The van der Waals surface area contributed by atoms with Crippen molar-refractivity contribution < 1.29 is 13.9 Å². The number of para-hydroxylation sites is 1. The van der Waals surface area contributed by atoms with E-state index in [1.165, 1.54) is 11.0 Å². The number of ether oxygens (including phenoxy) is 1. The minimum atomic E-state index is -0.489. The van der Waals surface area contributed by atoms with Crippen molar-refractivity contribution >= 4 is 11.8 Å². The number of nitrogens with two attached hydrogens (primary N) is 1. The van der Waals surface area contributed by atoms with Crippen LogP contribution in [-0.2, 0) is 4.74 Å². The van der Waals surface area contributed by atoms with Crippen LogP contribution in [0.25, 0.3) is 0 Å². The number of cyclic esters (lactones) is 1. The summed E-state index contributed by atoms with van der Waals surface area (Å²) < 4.78 is 18.6. The Morgan fingerprint density at radius 3 is 2.94 bits per heavy atom. The highest BCUT2D eigenvalue weighted by Gasteiger charge is 2.34. The van der Waals surface area contributed by atoms with Crippen LogP contribution in [0.15, 0.2) is 24.3 Å². The third-order valence-corrected chi connectivity index (χ3v) is 2.81. The molecule has 2 N–H and O–H groups in total. The number of anilines is 1. The lowest BCUT2D eigenvalue weighted by molar-refractivity contribution is 0.178. The van der Waals surface area contributed by atoms with E-state index in [2.05, 4.69) is 0 Å². The standard InChI is InChI=1S/C12H15FN2O2/c13-10-5-1-2-6-11(10)15-9(4-3-7-14)8-17-12(15)16/h1-2,5-6,9H,3-4,7-8,14H2. The van der Waals surface area contributed by atoms with Crippen LogP contribution in [-0.4, -0.2) is 25.3 Å². The molecule has 1 atom stereocenters. The average molecular weight is 238 g/mol. The number of hydrogen-bond donors (Lipinski definition) is 1. The Morgan fingerprint density at radius 1 is 1.47 bits per heavy atom. The smallest absolute Gasteiger partial charge is 0.414 e. The predicted molar refractivity (Wildman–Crippen MR) is 62.3 cm³/mol. The minimum absolute atomic E-state index is 0.122. The van der Waals surface area contributed by atoms with Gasteiger partial charge in [-0.25, -0.2) is 9.18 Å². The molecule has 1 aromatic rings. The van der Waals surface area contributed by atoms with Gasteiger partial charge in [0.05, 0.1) is 11.7 Å². The second kappa shape index (κ2) is 5.14. The van der Waals surface area contributed by atoms with Crippen molar-refractivity contribution in [1.82, 2.24) is 0 Å². The fourth-order valence-corrected chi connectivity index (χ4v) is 1.97. The number of amides is 1. The van der Waals surface area contributed by atoms with Crippen molar-refractivity contribution in [2.75, 3.05) is 18.1 Å². The van der Waals surface area contributed by atoms with Crippen molar-refractivity contribution in [2.24, 2.45) is 5.73 Å². The Morgan fingerprint density at radius 2 is 2.24 bits per heavy atom. The highest BCUT2D eigenvalue weighted by Crippen LogP contribution is 2.27. The summed E-state index contributed by atoms with van der Waals surface area (Å²) in [4.78, 5) is 13.0. The highest BCUT2D eigenvalue weighted by atomic mass is 19.1. The first-order chi connectivity index (χ1) is 8.24. The Bertz CT molecular complexity index is 411. The van der Waals surface area contributed by atoms with Crippen LogP contribution in [0.5, 0.6) is 0 Å². The lowest BCUT2D eigenvalue weighted by Crippen LogP contribution is -2.34. The monoisotopic (exact) mass is 238 g/mol. The van der Waals surface area contributed by atoms with Gasteiger partial charge in [-0.15, -0.1) is 0 Å². The second-order valence-corrected chi connectivity index (χ2v) is 3.98. The van der Waals surface area contributed by atoms with E-state index < -0.39 is 11.9 Å². The van der Waals surface area contributed by atoms with E-state index in [-0.39, 0.29) is 11.7 Å². The molecule has 0 bridgehead atoms. The molecular formula is C12H15FN2O2. The van der Waals surface area contributed by atoms with E-state index in [1.807, 2.05) is 0 Å². The lowest BCUT2D eigenvalue weighted by atomic mass is 10.1. The molecule has 0 spiro atoms. The molecule has 1 unspecified atom stereocenters. The summed E-state index contributed by atoms with van der Waals surface area (Å²) in [5.74, 6) is -0.413. The Kier molecular flexibility index (Phi) is 3.58. The zero-order valence-corrected chi connectivity index (χ0v) is 9.43. The molecule has 1 aliphatic heterocycles. The van der Waals surface area contributed by atoms with Crippen molar-refractivity contribution in [3.63, 3.8) is 0 Å². The molecule has 1 saturated heterocycles. The SMILES string of the molecule is NCCCC1COC(=O)N1c1ccccc1F. The van der Waals surface area contributed by atoms with Crippen LogP contribution in [0.2, 0.25) is 0 Å². The van der Waals surface area contributed by atoms with Crippen LogP contribution in [0.3, 0.4) is 0 Å². The van der Waals surface area contributed by atoms with E-state index in [9.17, 15) is 9.18 Å². The highest BCUT2D eigenvalue weighted by molar-refractivity contribution is 5.90. The first-order valence-electron chi connectivity index (χ1n) is 5.64. The van der Waals surface area contributed by atoms with Gasteiger partial charge in [-0.2, -0.15) is 0 Å². The van der Waals surface area contributed by atoms with Gasteiger partial charge in [0.1, 0.15) is 12.4 Å². The number of carbonyl (C=O) groups is 1. The molecule has 92 valence electrons. The number of halogens is 1. The first-order valence-corrected chi connectivity index (χ1v) is 5.64. The van der Waals surface area contributed by atoms with Crippen molar-refractivity contribution in [1.29, 1.82) is 0 Å². The molecule has 17 heavy (non-hydrogen) atoms. The molecule has 4 nitrogen and oxygen atoms in total. The molecule has 1 amide bonds. The van der Waals surface area contributed by atoms with E-state index in [1.54, 1.807) is 18.2 Å². The fourth-order valence-electron chi connectivity index (χ4n) is 1.97. The van der Waals surface area contributed by atoms with Crippen LogP contribution in [0, 0.1) is 5.82 Å². The molecule has 0 aliphatic carbocycles. The first kappa shape index (κ1) is 11.9. The summed E-state index contributed by atoms with van der Waals surface area (Å²) in [6.07, 6.45) is 1.01. The number of nitrogens with zero attached hydrogens (tertiary/aromatic N) is 1. The molecule has 5 heteroatoms. The van der Waals surface area contributed by atoms with Gasteiger partial charge in [-0.05, 0) is 31.5 Å². The summed E-state index contributed by atoms with van der Waals surface area (Å²) in [5, 5.41) is 0. The normalized spacial score (nSPS) is 19.5. The summed E-state index contributed by atoms with van der Waals surface area (Å²) in [6, 6.07) is 6.08. The second-order valence-electron chi connectivity index (χ2n) is 3.98.